The van der Waals surface area contributed by atoms with Crippen LogP contribution in [0.25, 0.3) is 0 Å². The second-order valence-electron chi connectivity index (χ2n) is 7.82. The molecule has 2 aliphatic heterocycles. The van der Waals surface area contributed by atoms with Crippen molar-refractivity contribution in [1.29, 1.82) is 0 Å². The smallest absolute Gasteiger partial charge is 0.107 e. The monoisotopic (exact) mass is 372 g/mol. The van der Waals surface area contributed by atoms with Crippen LogP contribution in [0, 0.1) is 0 Å². The molecule has 6 heteroatoms. The fourth-order valence-corrected chi connectivity index (χ4v) is 5.15. The second-order valence-corrected chi connectivity index (χ2v) is 8.80. The van der Waals surface area contributed by atoms with Crippen molar-refractivity contribution >= 4 is 11.3 Å². The fraction of sp³-hybridized carbons (Fsp3) is 0.550. The van der Waals surface area contributed by atoms with Crippen LogP contribution in [-0.4, -0.2) is 75.7 Å². The molecule has 0 aliphatic carbocycles. The fourth-order valence-electron chi connectivity index (χ4n) is 4.49. The molecule has 0 spiro atoms. The largest absolute Gasteiger partial charge is 0.394 e. The van der Waals surface area contributed by atoms with Crippen LogP contribution < -0.4 is 0 Å². The average molecular weight is 373 g/mol. The summed E-state index contributed by atoms with van der Waals surface area (Å²) in [5, 5.41) is 13.4. The van der Waals surface area contributed by atoms with E-state index in [1.165, 1.54) is 10.6 Å². The van der Waals surface area contributed by atoms with E-state index in [1.54, 1.807) is 11.3 Å². The lowest BCUT2D eigenvalue weighted by Gasteiger charge is -2.56. The van der Waals surface area contributed by atoms with Gasteiger partial charge in [-0.2, -0.15) is 0 Å². The number of piperazine rings is 2. The van der Waals surface area contributed by atoms with Crippen molar-refractivity contribution in [2.45, 2.75) is 31.6 Å². The van der Waals surface area contributed by atoms with Gasteiger partial charge in [-0.15, -0.1) is 11.3 Å². The van der Waals surface area contributed by atoms with Crippen LogP contribution in [0.3, 0.4) is 0 Å². The number of benzene rings is 1. The Hall–Kier alpha value is -1.31. The highest BCUT2D eigenvalue weighted by Crippen LogP contribution is 2.29. The first kappa shape index (κ1) is 18.1. The summed E-state index contributed by atoms with van der Waals surface area (Å²) in [7, 11) is 0. The molecule has 0 amide bonds. The van der Waals surface area contributed by atoms with Gasteiger partial charge >= 0.3 is 0 Å². The molecule has 3 heterocycles. The van der Waals surface area contributed by atoms with Crippen LogP contribution in [0.1, 0.15) is 17.5 Å². The van der Waals surface area contributed by atoms with Crippen molar-refractivity contribution in [2.75, 3.05) is 39.3 Å². The maximum absolute atomic E-state index is 10.2. The van der Waals surface area contributed by atoms with Gasteiger partial charge < -0.3 is 5.11 Å². The van der Waals surface area contributed by atoms with Gasteiger partial charge in [-0.1, -0.05) is 30.3 Å². The van der Waals surface area contributed by atoms with Crippen molar-refractivity contribution < 1.29 is 5.11 Å². The molecule has 26 heavy (non-hydrogen) atoms. The van der Waals surface area contributed by atoms with Gasteiger partial charge in [0.1, 0.15) is 5.01 Å². The molecule has 2 aliphatic rings. The average Bonchev–Trinajstić information content (AvgIpc) is 3.15. The predicted molar refractivity (Wildman–Crippen MR) is 105 cm³/mol. The Labute approximate surface area is 159 Å². The highest BCUT2D eigenvalue weighted by atomic mass is 32.1. The molecule has 2 aromatic rings. The first-order valence-electron chi connectivity index (χ1n) is 9.41. The molecule has 4 rings (SSSR count). The van der Waals surface area contributed by atoms with Crippen molar-refractivity contribution in [1.82, 2.24) is 19.7 Å². The van der Waals surface area contributed by atoms with E-state index >= 15 is 0 Å². The summed E-state index contributed by atoms with van der Waals surface area (Å²) >= 11 is 1.74. The molecule has 2 atom stereocenters. The van der Waals surface area contributed by atoms with Crippen molar-refractivity contribution in [3.63, 3.8) is 0 Å². The standard InChI is InChI=1S/C20H28N4OS/c1-20(16-25)15-23(11-17-5-3-2-4-6-17)13-18-12-22(8-9-24(18)20)14-19-21-7-10-26-19/h2-7,10,18,25H,8-9,11-16H2,1H3. The number of aliphatic hydroxyl groups excluding tert-OH is 1. The van der Waals surface area contributed by atoms with Crippen molar-refractivity contribution in [2.24, 2.45) is 0 Å². The summed E-state index contributed by atoms with van der Waals surface area (Å²) in [5.41, 5.74) is 1.18. The van der Waals surface area contributed by atoms with E-state index in [-0.39, 0.29) is 12.1 Å². The number of nitrogens with zero attached hydrogens (tertiary/aromatic N) is 4. The van der Waals surface area contributed by atoms with Gasteiger partial charge in [0, 0.05) is 56.9 Å². The number of thiazole rings is 1. The SMILES string of the molecule is CC1(CO)CN(Cc2ccccc2)CC2CN(Cc3nccs3)CCN21. The highest BCUT2D eigenvalue weighted by Gasteiger charge is 2.44. The van der Waals surface area contributed by atoms with E-state index in [0.29, 0.717) is 6.04 Å². The summed E-state index contributed by atoms with van der Waals surface area (Å²) in [5.74, 6) is 0. The lowest BCUT2D eigenvalue weighted by Crippen LogP contribution is -2.71. The van der Waals surface area contributed by atoms with Gasteiger partial charge in [0.2, 0.25) is 0 Å². The first-order chi connectivity index (χ1) is 12.7. The van der Waals surface area contributed by atoms with Gasteiger partial charge in [0.25, 0.3) is 0 Å². The molecular formula is C20H28N4OS. The van der Waals surface area contributed by atoms with E-state index in [9.17, 15) is 5.11 Å². The Kier molecular flexibility index (Phi) is 5.38. The van der Waals surface area contributed by atoms with Crippen LogP contribution in [0.15, 0.2) is 41.9 Å². The zero-order valence-corrected chi connectivity index (χ0v) is 16.2. The third-order valence-corrected chi connectivity index (χ3v) is 6.49. The number of aromatic nitrogens is 1. The molecule has 0 radical (unpaired) electrons. The minimum atomic E-state index is -0.162. The van der Waals surface area contributed by atoms with Gasteiger partial charge in [0.05, 0.1) is 18.7 Å². The summed E-state index contributed by atoms with van der Waals surface area (Å²) in [6.45, 7) is 9.40. The zero-order valence-electron chi connectivity index (χ0n) is 15.4. The predicted octanol–water partition coefficient (Wildman–Crippen LogP) is 1.90. The highest BCUT2D eigenvalue weighted by molar-refractivity contribution is 7.09. The zero-order chi connectivity index (χ0) is 18.0. The molecule has 140 valence electrons. The van der Waals surface area contributed by atoms with Gasteiger partial charge in [0.15, 0.2) is 0 Å². The molecule has 0 saturated carbocycles. The lowest BCUT2D eigenvalue weighted by molar-refractivity contribution is -0.0951. The van der Waals surface area contributed by atoms with Crippen molar-refractivity contribution in [3.8, 4) is 0 Å². The maximum Gasteiger partial charge on any atom is 0.107 e. The van der Waals surface area contributed by atoms with E-state index in [1.807, 2.05) is 6.20 Å². The van der Waals surface area contributed by atoms with Crippen LogP contribution >= 0.6 is 11.3 Å². The molecule has 0 bridgehead atoms. The third kappa shape index (κ3) is 3.85. The first-order valence-corrected chi connectivity index (χ1v) is 10.3. The molecule has 2 fully saturated rings. The number of aliphatic hydroxyl groups is 1. The van der Waals surface area contributed by atoms with Gasteiger partial charge in [-0.3, -0.25) is 14.7 Å². The maximum atomic E-state index is 10.2. The number of hydrogen-bond acceptors (Lipinski definition) is 6. The summed E-state index contributed by atoms with van der Waals surface area (Å²) in [6, 6.07) is 11.1. The molecule has 1 aromatic carbocycles. The number of hydrogen-bond donors (Lipinski definition) is 1. The normalized spacial score (nSPS) is 28.2. The summed E-state index contributed by atoms with van der Waals surface area (Å²) < 4.78 is 0. The Morgan fingerprint density at radius 3 is 2.69 bits per heavy atom. The van der Waals surface area contributed by atoms with E-state index in [0.717, 1.165) is 45.8 Å². The summed E-state index contributed by atoms with van der Waals surface area (Å²) in [6.07, 6.45) is 1.89. The lowest BCUT2D eigenvalue weighted by atomic mass is 9.91. The number of rotatable bonds is 5. The molecular weight excluding hydrogens is 344 g/mol. The minimum absolute atomic E-state index is 0.162. The van der Waals surface area contributed by atoms with Crippen LogP contribution in [0.5, 0.6) is 0 Å². The molecule has 5 nitrogen and oxygen atoms in total. The molecule has 1 aromatic heterocycles. The van der Waals surface area contributed by atoms with E-state index < -0.39 is 0 Å². The Balaban J connectivity index is 1.46. The van der Waals surface area contributed by atoms with E-state index in [2.05, 4.69) is 62.3 Å². The van der Waals surface area contributed by atoms with E-state index in [4.69, 9.17) is 0 Å². The Morgan fingerprint density at radius 1 is 1.15 bits per heavy atom. The van der Waals surface area contributed by atoms with Crippen LogP contribution in [0.4, 0.5) is 0 Å². The van der Waals surface area contributed by atoms with Crippen LogP contribution in [0.2, 0.25) is 0 Å². The minimum Gasteiger partial charge on any atom is -0.394 e. The van der Waals surface area contributed by atoms with Crippen molar-refractivity contribution in [3.05, 3.63) is 52.5 Å². The molecule has 1 N–H and O–H groups in total. The van der Waals surface area contributed by atoms with Gasteiger partial charge in [-0.25, -0.2) is 4.98 Å². The molecule has 2 unspecified atom stereocenters. The topological polar surface area (TPSA) is 42.8 Å². The quantitative estimate of drug-likeness (QED) is 0.868. The molecule has 2 saturated heterocycles. The second kappa shape index (κ2) is 7.74. The van der Waals surface area contributed by atoms with Crippen LogP contribution in [-0.2, 0) is 13.1 Å². The number of fused-ring (bicyclic) bond motifs is 1. The summed E-state index contributed by atoms with van der Waals surface area (Å²) in [4.78, 5) is 12.0. The third-order valence-electron chi connectivity index (χ3n) is 5.73. The van der Waals surface area contributed by atoms with Gasteiger partial charge in [-0.05, 0) is 12.5 Å². The Morgan fingerprint density at radius 2 is 1.96 bits per heavy atom. The Bertz CT molecular complexity index is 695.